The smallest absolute Gasteiger partial charge is 0.270 e. The maximum atomic E-state index is 12.0. The van der Waals surface area contributed by atoms with E-state index in [-0.39, 0.29) is 16.8 Å². The van der Waals surface area contributed by atoms with Crippen molar-refractivity contribution in [2.45, 2.75) is 31.2 Å². The van der Waals surface area contributed by atoms with Crippen LogP contribution < -0.4 is 15.8 Å². The van der Waals surface area contributed by atoms with Crippen molar-refractivity contribution in [3.8, 4) is 0 Å². The van der Waals surface area contributed by atoms with Crippen molar-refractivity contribution in [1.29, 1.82) is 0 Å². The molecule has 0 aliphatic rings. The van der Waals surface area contributed by atoms with Crippen molar-refractivity contribution in [3.63, 3.8) is 0 Å². The van der Waals surface area contributed by atoms with Crippen LogP contribution in [-0.2, 0) is 16.4 Å². The second-order valence-corrected chi connectivity index (χ2v) is 7.49. The highest BCUT2D eigenvalue weighted by atomic mass is 32.2. The fourth-order valence-corrected chi connectivity index (χ4v) is 2.71. The van der Waals surface area contributed by atoms with Crippen LogP contribution in [0.5, 0.6) is 0 Å². The minimum Gasteiger partial charge on any atom is -0.385 e. The Morgan fingerprint density at radius 2 is 1.88 bits per heavy atom. The molecule has 0 radical (unpaired) electrons. The summed E-state index contributed by atoms with van der Waals surface area (Å²) in [5.74, 6) is -0.211. The summed E-state index contributed by atoms with van der Waals surface area (Å²) in [5.41, 5.74) is 2.13. The molecule has 25 heavy (non-hydrogen) atoms. The fraction of sp³-hybridized carbons (Fsp3) is 0.294. The number of sulfonamides is 1. The van der Waals surface area contributed by atoms with E-state index in [9.17, 15) is 13.2 Å². The van der Waals surface area contributed by atoms with Gasteiger partial charge >= 0.3 is 0 Å². The average molecular weight is 362 g/mol. The van der Waals surface area contributed by atoms with Crippen LogP contribution >= 0.6 is 0 Å². The van der Waals surface area contributed by atoms with Gasteiger partial charge in [-0.15, -0.1) is 0 Å². The largest absolute Gasteiger partial charge is 0.385 e. The van der Waals surface area contributed by atoms with E-state index in [0.717, 1.165) is 11.3 Å². The van der Waals surface area contributed by atoms with Crippen LogP contribution in [-0.4, -0.2) is 31.9 Å². The van der Waals surface area contributed by atoms with Crippen LogP contribution in [0.25, 0.3) is 0 Å². The zero-order valence-electron chi connectivity index (χ0n) is 14.2. The molecule has 0 saturated heterocycles. The average Bonchev–Trinajstić information content (AvgIpc) is 2.54. The molecule has 0 fully saturated rings. The Kier molecular flexibility index (Phi) is 6.11. The normalized spacial score (nSPS) is 11.4. The lowest BCUT2D eigenvalue weighted by Gasteiger charge is -2.10. The number of nitrogens with two attached hydrogens (primary N) is 1. The van der Waals surface area contributed by atoms with Gasteiger partial charge in [-0.05, 0) is 50.1 Å². The van der Waals surface area contributed by atoms with Crippen LogP contribution in [0.1, 0.15) is 29.9 Å². The predicted octanol–water partition coefficient (Wildman–Crippen LogP) is 1.52. The number of amides is 1. The summed E-state index contributed by atoms with van der Waals surface area (Å²) in [5, 5.41) is 11.1. The maximum absolute atomic E-state index is 12.0. The number of carbonyl (C=O) groups is 1. The molecule has 2 rings (SSSR count). The molecule has 7 nitrogen and oxygen atoms in total. The Morgan fingerprint density at radius 3 is 2.48 bits per heavy atom. The number of hydrogen-bond acceptors (Lipinski definition) is 5. The van der Waals surface area contributed by atoms with Crippen molar-refractivity contribution in [3.05, 3.63) is 53.9 Å². The van der Waals surface area contributed by atoms with Crippen molar-refractivity contribution in [2.75, 3.05) is 11.9 Å². The van der Waals surface area contributed by atoms with E-state index in [1.54, 1.807) is 30.5 Å². The van der Waals surface area contributed by atoms with Crippen molar-refractivity contribution < 1.29 is 13.2 Å². The summed E-state index contributed by atoms with van der Waals surface area (Å²) in [7, 11) is -3.67. The molecule has 0 saturated carbocycles. The van der Waals surface area contributed by atoms with E-state index in [0.29, 0.717) is 18.7 Å². The van der Waals surface area contributed by atoms with Gasteiger partial charge in [0.2, 0.25) is 10.0 Å². The number of benzene rings is 1. The van der Waals surface area contributed by atoms with Gasteiger partial charge in [0, 0.05) is 24.5 Å². The van der Waals surface area contributed by atoms with Crippen molar-refractivity contribution in [1.82, 2.24) is 10.3 Å². The number of anilines is 1. The molecule has 0 aliphatic carbocycles. The van der Waals surface area contributed by atoms with Gasteiger partial charge in [-0.1, -0.05) is 12.1 Å². The summed E-state index contributed by atoms with van der Waals surface area (Å²) in [6.45, 7) is 4.41. The molecule has 0 aliphatic heterocycles. The Hall–Kier alpha value is -2.45. The Morgan fingerprint density at radius 1 is 1.20 bits per heavy atom. The number of carbonyl (C=O) groups excluding carboxylic acids is 1. The van der Waals surface area contributed by atoms with Gasteiger partial charge in [-0.2, -0.15) is 0 Å². The molecule has 1 aromatic carbocycles. The summed E-state index contributed by atoms with van der Waals surface area (Å²) < 4.78 is 22.4. The predicted molar refractivity (Wildman–Crippen MR) is 96.8 cm³/mol. The lowest BCUT2D eigenvalue weighted by atomic mass is 10.1. The number of rotatable bonds is 7. The number of nitrogens with one attached hydrogen (secondary N) is 2. The lowest BCUT2D eigenvalue weighted by Crippen LogP contribution is -2.30. The number of aromatic nitrogens is 1. The highest BCUT2D eigenvalue weighted by Crippen LogP contribution is 2.11. The van der Waals surface area contributed by atoms with E-state index < -0.39 is 10.0 Å². The standard InChI is InChI=1S/C17H22N4O3S/c1-12(2)21-17(22)16-11-14(8-10-20-16)19-9-7-13-3-5-15(6-4-13)25(18,23)24/h3-6,8,10-12H,7,9H2,1-2H3,(H,19,20)(H,21,22)(H2,18,23,24). The molecule has 1 heterocycles. The quantitative estimate of drug-likeness (QED) is 0.691. The van der Waals surface area contributed by atoms with Crippen LogP contribution in [0.2, 0.25) is 0 Å². The molecule has 134 valence electrons. The molecule has 1 aromatic heterocycles. The molecule has 1 amide bonds. The van der Waals surface area contributed by atoms with E-state index in [4.69, 9.17) is 5.14 Å². The molecule has 2 aromatic rings. The summed E-state index contributed by atoms with van der Waals surface area (Å²) in [6.07, 6.45) is 2.28. The van der Waals surface area contributed by atoms with Crippen LogP contribution in [0.4, 0.5) is 5.69 Å². The van der Waals surface area contributed by atoms with E-state index in [2.05, 4.69) is 15.6 Å². The second-order valence-electron chi connectivity index (χ2n) is 5.92. The third-order valence-electron chi connectivity index (χ3n) is 3.41. The highest BCUT2D eigenvalue weighted by Gasteiger charge is 2.09. The first-order chi connectivity index (χ1) is 11.8. The summed E-state index contributed by atoms with van der Waals surface area (Å²) in [4.78, 5) is 16.1. The minimum absolute atomic E-state index is 0.0474. The Labute approximate surface area is 147 Å². The number of nitrogens with zero attached hydrogens (tertiary/aromatic N) is 1. The molecular formula is C17H22N4O3S. The maximum Gasteiger partial charge on any atom is 0.270 e. The van der Waals surface area contributed by atoms with Gasteiger partial charge in [-0.25, -0.2) is 13.6 Å². The number of primary sulfonamides is 1. The third kappa shape index (κ3) is 5.84. The zero-order chi connectivity index (χ0) is 18.4. The zero-order valence-corrected chi connectivity index (χ0v) is 15.0. The summed E-state index contributed by atoms with van der Waals surface area (Å²) >= 11 is 0. The fourth-order valence-electron chi connectivity index (χ4n) is 2.20. The molecule has 0 spiro atoms. The summed E-state index contributed by atoms with van der Waals surface area (Å²) in [6, 6.07) is 9.98. The molecular weight excluding hydrogens is 340 g/mol. The highest BCUT2D eigenvalue weighted by molar-refractivity contribution is 7.89. The molecule has 4 N–H and O–H groups in total. The monoisotopic (exact) mass is 362 g/mol. The van der Waals surface area contributed by atoms with Crippen molar-refractivity contribution in [2.24, 2.45) is 5.14 Å². The van der Waals surface area contributed by atoms with E-state index in [1.165, 1.54) is 12.1 Å². The van der Waals surface area contributed by atoms with Gasteiger partial charge in [-0.3, -0.25) is 9.78 Å². The lowest BCUT2D eigenvalue weighted by molar-refractivity contribution is 0.0938. The molecule has 0 unspecified atom stereocenters. The van der Waals surface area contributed by atoms with E-state index in [1.807, 2.05) is 13.8 Å². The molecule has 0 atom stereocenters. The van der Waals surface area contributed by atoms with Gasteiger partial charge in [0.05, 0.1) is 4.90 Å². The first-order valence-electron chi connectivity index (χ1n) is 7.88. The van der Waals surface area contributed by atoms with Gasteiger partial charge in [0.1, 0.15) is 5.69 Å². The minimum atomic E-state index is -3.67. The number of hydrogen-bond donors (Lipinski definition) is 3. The third-order valence-corrected chi connectivity index (χ3v) is 4.34. The van der Waals surface area contributed by atoms with Crippen LogP contribution in [0.15, 0.2) is 47.5 Å². The topological polar surface area (TPSA) is 114 Å². The first-order valence-corrected chi connectivity index (χ1v) is 9.43. The van der Waals surface area contributed by atoms with Gasteiger partial charge in [0.15, 0.2) is 0 Å². The van der Waals surface area contributed by atoms with E-state index >= 15 is 0 Å². The van der Waals surface area contributed by atoms with Crippen LogP contribution in [0.3, 0.4) is 0 Å². The van der Waals surface area contributed by atoms with Gasteiger partial charge < -0.3 is 10.6 Å². The Bertz CT molecular complexity index is 833. The molecule has 8 heteroatoms. The first kappa shape index (κ1) is 18.9. The number of pyridine rings is 1. The van der Waals surface area contributed by atoms with Gasteiger partial charge in [0.25, 0.3) is 5.91 Å². The van der Waals surface area contributed by atoms with Crippen LogP contribution in [0, 0.1) is 0 Å². The molecule has 0 bridgehead atoms. The Balaban J connectivity index is 1.92. The SMILES string of the molecule is CC(C)NC(=O)c1cc(NCCc2ccc(S(N)(=O)=O)cc2)ccn1. The van der Waals surface area contributed by atoms with Crippen molar-refractivity contribution >= 4 is 21.6 Å². The second kappa shape index (κ2) is 8.09.